The van der Waals surface area contributed by atoms with Crippen LogP contribution in [0.4, 0.5) is 0 Å². The van der Waals surface area contributed by atoms with E-state index in [1.165, 1.54) is 23.5 Å². The Morgan fingerprint density at radius 2 is 1.91 bits per heavy atom. The summed E-state index contributed by atoms with van der Waals surface area (Å²) in [5.74, 6) is 0.760. The molecule has 0 aliphatic carbocycles. The third kappa shape index (κ3) is 4.70. The topological polar surface area (TPSA) is 96.6 Å². The van der Waals surface area contributed by atoms with Gasteiger partial charge in [-0.15, -0.1) is 10.2 Å². The van der Waals surface area contributed by atoms with Gasteiger partial charge in [-0.25, -0.2) is 9.97 Å². The molecule has 0 aliphatic rings. The number of carbonyl (C=O) groups is 1. The molecule has 2 aromatic rings. The van der Waals surface area contributed by atoms with Crippen molar-refractivity contribution in [2.45, 2.75) is 36.3 Å². The van der Waals surface area contributed by atoms with Crippen molar-refractivity contribution in [2.24, 2.45) is 7.05 Å². The fourth-order valence-corrected chi connectivity index (χ4v) is 3.48. The lowest BCUT2D eigenvalue weighted by Gasteiger charge is -2.05. The molecule has 2 rings (SSSR count). The molecule has 0 atom stereocenters. The number of nitrogens with zero attached hydrogens (tertiary/aromatic N) is 5. The summed E-state index contributed by atoms with van der Waals surface area (Å²) < 4.78 is 1.86. The van der Waals surface area contributed by atoms with E-state index in [1.54, 1.807) is 0 Å². The van der Waals surface area contributed by atoms with Crippen molar-refractivity contribution in [3.8, 4) is 0 Å². The number of carboxylic acids is 1. The summed E-state index contributed by atoms with van der Waals surface area (Å²) in [6.07, 6.45) is -0.00197. The molecular formula is C13H16N5O2S2-. The molecule has 0 amide bonds. The minimum Gasteiger partial charge on any atom is -0.550 e. The maximum atomic E-state index is 10.4. The molecule has 2 heterocycles. The number of aliphatic carboxylic acids is 1. The van der Waals surface area contributed by atoms with Gasteiger partial charge in [-0.1, -0.05) is 23.5 Å². The summed E-state index contributed by atoms with van der Waals surface area (Å²) >= 11 is 2.85. The Kier molecular flexibility index (Phi) is 5.78. The number of rotatable bonds is 7. The Balaban J connectivity index is 1.95. The van der Waals surface area contributed by atoms with E-state index in [9.17, 15) is 9.90 Å². The number of carboxylic acid groups (broad SMARTS) is 1. The molecule has 7 nitrogen and oxygen atoms in total. The molecule has 0 fully saturated rings. The summed E-state index contributed by atoms with van der Waals surface area (Å²) in [6.45, 7) is 3.88. The van der Waals surface area contributed by atoms with Gasteiger partial charge in [0.1, 0.15) is 5.82 Å². The highest BCUT2D eigenvalue weighted by atomic mass is 32.2. The Hall–Kier alpha value is -1.61. The van der Waals surface area contributed by atoms with Crippen molar-refractivity contribution < 1.29 is 9.90 Å². The van der Waals surface area contributed by atoms with Gasteiger partial charge in [-0.2, -0.15) is 0 Å². The van der Waals surface area contributed by atoms with Crippen molar-refractivity contribution >= 4 is 29.5 Å². The van der Waals surface area contributed by atoms with Crippen LogP contribution >= 0.6 is 23.5 Å². The van der Waals surface area contributed by atoms with Crippen LogP contribution in [-0.4, -0.2) is 36.5 Å². The summed E-state index contributed by atoms with van der Waals surface area (Å²) in [7, 11) is 1.86. The lowest BCUT2D eigenvalue weighted by Crippen LogP contribution is -2.22. The molecular weight excluding hydrogens is 322 g/mol. The van der Waals surface area contributed by atoms with Crippen LogP contribution in [0, 0.1) is 13.8 Å². The molecule has 0 N–H and O–H groups in total. The smallest absolute Gasteiger partial charge is 0.190 e. The molecule has 118 valence electrons. The maximum Gasteiger partial charge on any atom is 0.190 e. The first-order valence-corrected chi connectivity index (χ1v) is 8.59. The first-order valence-electron chi connectivity index (χ1n) is 6.61. The molecule has 9 heteroatoms. The van der Waals surface area contributed by atoms with E-state index in [-0.39, 0.29) is 6.42 Å². The quantitative estimate of drug-likeness (QED) is 0.539. The highest BCUT2D eigenvalue weighted by Gasteiger charge is 2.10. The SMILES string of the molecule is Cc1cc(C)nc(SCc2nnc(SCCC(=O)[O-])n2C)n1. The molecule has 22 heavy (non-hydrogen) atoms. The fourth-order valence-electron chi connectivity index (χ4n) is 1.71. The van der Waals surface area contributed by atoms with E-state index in [4.69, 9.17) is 0 Å². The Labute approximate surface area is 137 Å². The van der Waals surface area contributed by atoms with E-state index >= 15 is 0 Å². The van der Waals surface area contributed by atoms with Crippen molar-refractivity contribution in [1.82, 2.24) is 24.7 Å². The van der Waals surface area contributed by atoms with E-state index in [0.717, 1.165) is 17.2 Å². The average molecular weight is 338 g/mol. The van der Waals surface area contributed by atoms with Crippen LogP contribution in [0.15, 0.2) is 16.4 Å². The zero-order chi connectivity index (χ0) is 16.1. The number of carbonyl (C=O) groups excluding carboxylic acids is 1. The minimum absolute atomic E-state index is 0.00197. The van der Waals surface area contributed by atoms with Gasteiger partial charge in [0.05, 0.1) is 5.75 Å². The number of aryl methyl sites for hydroxylation is 2. The highest BCUT2D eigenvalue weighted by Crippen LogP contribution is 2.22. The molecule has 0 spiro atoms. The Morgan fingerprint density at radius 3 is 2.55 bits per heavy atom. The van der Waals surface area contributed by atoms with E-state index < -0.39 is 5.97 Å². The van der Waals surface area contributed by atoms with Gasteiger partial charge in [0.2, 0.25) is 0 Å². The lowest BCUT2D eigenvalue weighted by atomic mass is 10.4. The zero-order valence-corrected chi connectivity index (χ0v) is 14.2. The molecule has 0 aliphatic heterocycles. The van der Waals surface area contributed by atoms with Gasteiger partial charge in [-0.05, 0) is 26.3 Å². The van der Waals surface area contributed by atoms with Gasteiger partial charge in [0.25, 0.3) is 0 Å². The molecule has 0 aromatic carbocycles. The van der Waals surface area contributed by atoms with Crippen molar-refractivity contribution in [1.29, 1.82) is 0 Å². The predicted molar refractivity (Wildman–Crippen MR) is 82.4 cm³/mol. The summed E-state index contributed by atoms with van der Waals surface area (Å²) in [6, 6.07) is 1.93. The predicted octanol–water partition coefficient (Wildman–Crippen LogP) is 0.746. The molecule has 0 bridgehead atoms. The van der Waals surface area contributed by atoms with Gasteiger partial charge in [0, 0.05) is 30.2 Å². The number of hydrogen-bond acceptors (Lipinski definition) is 8. The standard InChI is InChI=1S/C13H17N5O2S2/c1-8-6-9(2)15-12(14-8)22-7-10-16-17-13(18(10)3)21-5-4-11(19)20/h6H,4-5,7H2,1-3H3,(H,19,20)/p-1. The molecule has 0 radical (unpaired) electrons. The highest BCUT2D eigenvalue weighted by molar-refractivity contribution is 7.99. The zero-order valence-electron chi connectivity index (χ0n) is 12.6. The van der Waals surface area contributed by atoms with Gasteiger partial charge < -0.3 is 14.5 Å². The molecule has 0 unspecified atom stereocenters. The number of hydrogen-bond donors (Lipinski definition) is 0. The molecule has 0 saturated carbocycles. The first kappa shape index (κ1) is 16.8. The number of thioether (sulfide) groups is 2. The van der Waals surface area contributed by atoms with Gasteiger partial charge in [-0.3, -0.25) is 0 Å². The van der Waals surface area contributed by atoms with Gasteiger partial charge >= 0.3 is 0 Å². The third-order valence-electron chi connectivity index (χ3n) is 2.75. The average Bonchev–Trinajstić information content (AvgIpc) is 2.76. The van der Waals surface area contributed by atoms with Crippen LogP contribution in [0.5, 0.6) is 0 Å². The van der Waals surface area contributed by atoms with Crippen LogP contribution in [0.25, 0.3) is 0 Å². The van der Waals surface area contributed by atoms with Crippen LogP contribution in [0.3, 0.4) is 0 Å². The second-order valence-electron chi connectivity index (χ2n) is 4.65. The Morgan fingerprint density at radius 1 is 1.23 bits per heavy atom. The van der Waals surface area contributed by atoms with Crippen LogP contribution in [0.2, 0.25) is 0 Å². The van der Waals surface area contributed by atoms with Crippen molar-refractivity contribution in [2.75, 3.05) is 5.75 Å². The van der Waals surface area contributed by atoms with Crippen LogP contribution < -0.4 is 5.11 Å². The van der Waals surface area contributed by atoms with E-state index in [0.29, 0.717) is 21.8 Å². The summed E-state index contributed by atoms with van der Waals surface area (Å²) in [5.41, 5.74) is 1.87. The minimum atomic E-state index is -1.06. The first-order chi connectivity index (χ1) is 10.5. The maximum absolute atomic E-state index is 10.4. The fraction of sp³-hybridized carbons (Fsp3) is 0.462. The van der Waals surface area contributed by atoms with Crippen LogP contribution in [0.1, 0.15) is 23.6 Å². The summed E-state index contributed by atoms with van der Waals surface area (Å²) in [4.78, 5) is 19.2. The molecule has 2 aromatic heterocycles. The van der Waals surface area contributed by atoms with Crippen molar-refractivity contribution in [3.63, 3.8) is 0 Å². The largest absolute Gasteiger partial charge is 0.550 e. The van der Waals surface area contributed by atoms with Crippen molar-refractivity contribution in [3.05, 3.63) is 23.3 Å². The second kappa shape index (κ2) is 7.59. The lowest BCUT2D eigenvalue weighted by molar-refractivity contribution is -0.305. The second-order valence-corrected chi connectivity index (χ2v) is 6.65. The Bertz CT molecular complexity index is 654. The van der Waals surface area contributed by atoms with E-state index in [2.05, 4.69) is 20.2 Å². The molecule has 0 saturated heterocycles. The van der Waals surface area contributed by atoms with E-state index in [1.807, 2.05) is 31.5 Å². The number of aromatic nitrogens is 5. The van der Waals surface area contributed by atoms with Crippen LogP contribution in [-0.2, 0) is 17.6 Å². The monoisotopic (exact) mass is 338 g/mol. The summed E-state index contributed by atoms with van der Waals surface area (Å²) in [5, 5.41) is 20.0. The third-order valence-corrected chi connectivity index (χ3v) is 4.62. The van der Waals surface area contributed by atoms with Gasteiger partial charge in [0.15, 0.2) is 10.3 Å². The normalized spacial score (nSPS) is 10.9.